The number of nitrogen functional groups attached to an aromatic ring is 1. The van der Waals surface area contributed by atoms with Gasteiger partial charge in [-0.1, -0.05) is 42.9 Å². The Morgan fingerprint density at radius 1 is 1.40 bits per heavy atom. The number of aliphatic imine (C=N–C) groups is 1. The number of thioether (sulfide) groups is 1. The molecule has 1 fully saturated rings. The molecule has 0 bridgehead atoms. The van der Waals surface area contributed by atoms with Crippen LogP contribution in [0.2, 0.25) is 0 Å². The number of rotatable bonds is 5. The maximum Gasteiger partial charge on any atom is 0.182 e. The van der Waals surface area contributed by atoms with Gasteiger partial charge in [0.1, 0.15) is 6.17 Å². The molecule has 7 heteroatoms. The molecule has 0 aromatic carbocycles. The van der Waals surface area contributed by atoms with Gasteiger partial charge in [-0.3, -0.25) is 0 Å². The number of fused-ring (bicyclic) bond motifs is 1. The van der Waals surface area contributed by atoms with Gasteiger partial charge in [-0.2, -0.15) is 0 Å². The third kappa shape index (κ3) is 2.80. The molecular weight excluding hydrogens is 290 g/mol. The molecule has 1 unspecified atom stereocenters. The van der Waals surface area contributed by atoms with E-state index in [1.165, 1.54) is 43.4 Å². The Bertz CT molecular complexity index is 509. The van der Waals surface area contributed by atoms with Gasteiger partial charge in [0.05, 0.1) is 4.88 Å². The van der Waals surface area contributed by atoms with Crippen LogP contribution in [0.15, 0.2) is 4.99 Å². The third-order valence-corrected chi connectivity index (χ3v) is 5.56. The minimum Gasteiger partial charge on any atom is -0.375 e. The molecule has 1 atom stereocenters. The van der Waals surface area contributed by atoms with Crippen LogP contribution in [0, 0.1) is 0 Å². The fraction of sp³-hybridized carbons (Fsp3) is 0.692. The number of aromatic nitrogens is 1. The van der Waals surface area contributed by atoms with E-state index in [2.05, 4.69) is 16.8 Å². The van der Waals surface area contributed by atoms with Gasteiger partial charge in [0.25, 0.3) is 0 Å². The van der Waals surface area contributed by atoms with Crippen molar-refractivity contribution >= 4 is 39.2 Å². The van der Waals surface area contributed by atoms with Crippen LogP contribution in [0.1, 0.15) is 50.1 Å². The predicted molar refractivity (Wildman–Crippen MR) is 87.4 cm³/mol. The number of nitrogens with zero attached hydrogens (tertiary/aromatic N) is 3. The number of unbranched alkanes of at least 4 members (excludes halogenated alkanes) is 2. The first kappa shape index (κ1) is 14.2. The average Bonchev–Trinajstić information content (AvgIpc) is 3.17. The van der Waals surface area contributed by atoms with Crippen LogP contribution in [0.4, 0.5) is 10.9 Å². The SMILES string of the molecule is CCCCCSC1=Nc2nc(N)sc2C(N)N1C1CC1. The van der Waals surface area contributed by atoms with Gasteiger partial charge < -0.3 is 16.4 Å². The van der Waals surface area contributed by atoms with Crippen LogP contribution in [-0.2, 0) is 0 Å². The van der Waals surface area contributed by atoms with Gasteiger partial charge in [-0.25, -0.2) is 9.98 Å². The van der Waals surface area contributed by atoms with Gasteiger partial charge in [0.15, 0.2) is 16.1 Å². The maximum atomic E-state index is 6.41. The predicted octanol–water partition coefficient (Wildman–Crippen LogP) is 3.07. The number of hydrogen-bond donors (Lipinski definition) is 2. The summed E-state index contributed by atoms with van der Waals surface area (Å²) in [5.74, 6) is 1.83. The second-order valence-electron chi connectivity index (χ2n) is 5.27. The quantitative estimate of drug-likeness (QED) is 0.817. The summed E-state index contributed by atoms with van der Waals surface area (Å²) in [4.78, 5) is 12.3. The number of nitrogens with two attached hydrogens (primary N) is 2. The molecule has 0 saturated heterocycles. The molecule has 2 heterocycles. The molecule has 3 rings (SSSR count). The van der Waals surface area contributed by atoms with Crippen molar-refractivity contribution in [3.8, 4) is 0 Å². The monoisotopic (exact) mass is 311 g/mol. The smallest absolute Gasteiger partial charge is 0.182 e. The number of anilines is 1. The van der Waals surface area contributed by atoms with E-state index in [0.717, 1.165) is 21.6 Å². The van der Waals surface area contributed by atoms with Crippen molar-refractivity contribution in [1.82, 2.24) is 9.88 Å². The fourth-order valence-electron chi connectivity index (χ4n) is 2.37. The molecule has 1 aromatic heterocycles. The molecule has 1 aliphatic carbocycles. The summed E-state index contributed by atoms with van der Waals surface area (Å²) in [6.45, 7) is 2.22. The molecule has 20 heavy (non-hydrogen) atoms. The van der Waals surface area contributed by atoms with Crippen LogP contribution < -0.4 is 11.5 Å². The van der Waals surface area contributed by atoms with Crippen molar-refractivity contribution in [2.45, 2.75) is 51.2 Å². The first-order valence-electron chi connectivity index (χ1n) is 7.22. The van der Waals surface area contributed by atoms with Gasteiger partial charge in [0.2, 0.25) is 0 Å². The van der Waals surface area contributed by atoms with E-state index >= 15 is 0 Å². The van der Waals surface area contributed by atoms with E-state index in [0.29, 0.717) is 11.2 Å². The Labute approximate surface area is 127 Å². The van der Waals surface area contributed by atoms with Crippen molar-refractivity contribution < 1.29 is 0 Å². The Morgan fingerprint density at radius 3 is 2.90 bits per heavy atom. The lowest BCUT2D eigenvalue weighted by Gasteiger charge is -2.33. The van der Waals surface area contributed by atoms with E-state index in [1.807, 2.05) is 11.8 Å². The Morgan fingerprint density at radius 2 is 2.20 bits per heavy atom. The summed E-state index contributed by atoms with van der Waals surface area (Å²) in [5, 5.41) is 1.59. The lowest BCUT2D eigenvalue weighted by Crippen LogP contribution is -2.41. The van der Waals surface area contributed by atoms with Crippen LogP contribution >= 0.6 is 23.1 Å². The van der Waals surface area contributed by atoms with Crippen molar-refractivity contribution in [3.05, 3.63) is 4.88 Å². The zero-order chi connectivity index (χ0) is 14.1. The summed E-state index contributed by atoms with van der Waals surface area (Å²) in [6, 6.07) is 0.555. The van der Waals surface area contributed by atoms with Crippen LogP contribution in [-0.4, -0.2) is 26.8 Å². The zero-order valence-corrected chi connectivity index (χ0v) is 13.3. The highest BCUT2D eigenvalue weighted by Gasteiger charge is 2.39. The Hall–Kier alpha value is -0.790. The first-order valence-corrected chi connectivity index (χ1v) is 9.02. The van der Waals surface area contributed by atoms with Gasteiger partial charge in [0, 0.05) is 11.8 Å². The van der Waals surface area contributed by atoms with Crippen molar-refractivity contribution in [2.24, 2.45) is 10.7 Å². The fourth-order valence-corrected chi connectivity index (χ4v) is 4.23. The summed E-state index contributed by atoms with van der Waals surface area (Å²) < 4.78 is 0. The minimum atomic E-state index is -0.126. The first-order chi connectivity index (χ1) is 9.70. The average molecular weight is 311 g/mol. The maximum absolute atomic E-state index is 6.41. The molecule has 4 N–H and O–H groups in total. The molecule has 0 spiro atoms. The van der Waals surface area contributed by atoms with Crippen LogP contribution in [0.25, 0.3) is 0 Å². The molecule has 110 valence electrons. The second-order valence-corrected chi connectivity index (χ2v) is 7.40. The highest BCUT2D eigenvalue weighted by molar-refractivity contribution is 8.13. The lowest BCUT2D eigenvalue weighted by atomic mass is 10.3. The standard InChI is InChI=1S/C13H21N5S2/c1-2-3-4-7-19-13-17-11-9(20-12(15)16-11)10(14)18(13)8-5-6-8/h8,10H,2-7,14H2,1H3,(H2,15,16). The number of hydrogen-bond acceptors (Lipinski definition) is 7. The summed E-state index contributed by atoms with van der Waals surface area (Å²) in [5.41, 5.74) is 12.2. The lowest BCUT2D eigenvalue weighted by molar-refractivity contribution is 0.319. The molecular formula is C13H21N5S2. The molecule has 2 aliphatic rings. The Balaban J connectivity index is 1.78. The molecule has 0 radical (unpaired) electrons. The molecule has 1 saturated carbocycles. The van der Waals surface area contributed by atoms with E-state index in [4.69, 9.17) is 16.5 Å². The summed E-state index contributed by atoms with van der Waals surface area (Å²) in [7, 11) is 0. The van der Waals surface area contributed by atoms with E-state index in [-0.39, 0.29) is 6.17 Å². The van der Waals surface area contributed by atoms with Crippen LogP contribution in [0.3, 0.4) is 0 Å². The van der Waals surface area contributed by atoms with E-state index in [1.54, 1.807) is 0 Å². The molecule has 5 nitrogen and oxygen atoms in total. The van der Waals surface area contributed by atoms with Crippen LogP contribution in [0.5, 0.6) is 0 Å². The van der Waals surface area contributed by atoms with E-state index < -0.39 is 0 Å². The zero-order valence-electron chi connectivity index (χ0n) is 11.7. The molecule has 0 amide bonds. The number of thiazole rings is 1. The van der Waals surface area contributed by atoms with E-state index in [9.17, 15) is 0 Å². The Kier molecular flexibility index (Phi) is 4.18. The minimum absolute atomic E-state index is 0.126. The van der Waals surface area contributed by atoms with Gasteiger partial charge in [-0.15, -0.1) is 0 Å². The van der Waals surface area contributed by atoms with Crippen molar-refractivity contribution in [1.29, 1.82) is 0 Å². The summed E-state index contributed by atoms with van der Waals surface area (Å²) >= 11 is 3.27. The second kappa shape index (κ2) is 5.91. The summed E-state index contributed by atoms with van der Waals surface area (Å²) in [6.07, 6.45) is 6.03. The highest BCUT2D eigenvalue weighted by Crippen LogP contribution is 2.44. The van der Waals surface area contributed by atoms with Gasteiger partial charge >= 0.3 is 0 Å². The molecule has 1 aliphatic heterocycles. The van der Waals surface area contributed by atoms with Crippen molar-refractivity contribution in [3.63, 3.8) is 0 Å². The topological polar surface area (TPSA) is 80.5 Å². The number of amidine groups is 1. The highest BCUT2D eigenvalue weighted by atomic mass is 32.2. The normalized spacial score (nSPS) is 21.8. The third-order valence-electron chi connectivity index (χ3n) is 3.56. The van der Waals surface area contributed by atoms with Crippen molar-refractivity contribution in [2.75, 3.05) is 11.5 Å². The molecule has 1 aromatic rings. The van der Waals surface area contributed by atoms with Gasteiger partial charge in [-0.05, 0) is 19.3 Å². The largest absolute Gasteiger partial charge is 0.375 e.